The minimum Gasteiger partial charge on any atom is -0.481 e. The molecule has 1 aromatic rings. The Kier molecular flexibility index (Phi) is 6.45. The summed E-state index contributed by atoms with van der Waals surface area (Å²) in [5, 5.41) is 12.1. The summed E-state index contributed by atoms with van der Waals surface area (Å²) in [6.07, 6.45) is -4.65. The SMILES string of the molecule is O=C(O)[C@@H]1CN(C(=O)NCCSc2ccc(Cl)cc2)C[C@H]1C(F)(F)F. The summed E-state index contributed by atoms with van der Waals surface area (Å²) in [6.45, 7) is -0.844. The lowest BCUT2D eigenvalue weighted by atomic mass is 9.96. The molecule has 0 bridgehead atoms. The van der Waals surface area contributed by atoms with Crippen LogP contribution in [0, 0.1) is 11.8 Å². The summed E-state index contributed by atoms with van der Waals surface area (Å²) in [6, 6.07) is 6.42. The fraction of sp³-hybridized carbons (Fsp3) is 0.467. The number of alkyl halides is 3. The average Bonchev–Trinajstić information content (AvgIpc) is 2.99. The smallest absolute Gasteiger partial charge is 0.394 e. The number of hydrogen-bond acceptors (Lipinski definition) is 3. The highest BCUT2D eigenvalue weighted by Crippen LogP contribution is 2.37. The van der Waals surface area contributed by atoms with Gasteiger partial charge >= 0.3 is 18.2 Å². The van der Waals surface area contributed by atoms with Crippen molar-refractivity contribution >= 4 is 35.4 Å². The highest BCUT2D eigenvalue weighted by atomic mass is 35.5. The van der Waals surface area contributed by atoms with Gasteiger partial charge in [0.2, 0.25) is 0 Å². The molecule has 0 spiro atoms. The van der Waals surface area contributed by atoms with Gasteiger partial charge in [-0.1, -0.05) is 11.6 Å². The molecule has 0 aromatic heterocycles. The third kappa shape index (κ3) is 5.43. The fourth-order valence-corrected chi connectivity index (χ4v) is 3.42. The van der Waals surface area contributed by atoms with Crippen molar-refractivity contribution in [1.82, 2.24) is 10.2 Å². The summed E-state index contributed by atoms with van der Waals surface area (Å²) in [7, 11) is 0. The number of carboxylic acid groups (broad SMARTS) is 1. The van der Waals surface area contributed by atoms with Gasteiger partial charge in [0.15, 0.2) is 0 Å². The molecule has 1 aliphatic rings. The highest BCUT2D eigenvalue weighted by Gasteiger charge is 2.53. The normalized spacial score (nSPS) is 20.6. The minimum atomic E-state index is -4.65. The van der Waals surface area contributed by atoms with Crippen LogP contribution < -0.4 is 5.32 Å². The van der Waals surface area contributed by atoms with Gasteiger partial charge in [0.1, 0.15) is 0 Å². The lowest BCUT2D eigenvalue weighted by Gasteiger charge is -2.18. The number of hydrogen-bond donors (Lipinski definition) is 2. The Labute approximate surface area is 151 Å². The topological polar surface area (TPSA) is 69.6 Å². The maximum Gasteiger partial charge on any atom is 0.394 e. The number of carbonyl (C=O) groups excluding carboxylic acids is 1. The Morgan fingerprint density at radius 1 is 1.28 bits per heavy atom. The van der Waals surface area contributed by atoms with Crippen LogP contribution in [0.1, 0.15) is 0 Å². The van der Waals surface area contributed by atoms with E-state index in [1.54, 1.807) is 12.1 Å². The van der Waals surface area contributed by atoms with Crippen LogP contribution in [0.5, 0.6) is 0 Å². The lowest BCUT2D eigenvalue weighted by molar-refractivity contribution is -0.187. The van der Waals surface area contributed by atoms with Crippen molar-refractivity contribution in [1.29, 1.82) is 0 Å². The molecular formula is C15H16ClF3N2O3S. The number of likely N-dealkylation sites (tertiary alicyclic amines) is 1. The number of amides is 2. The van der Waals surface area contributed by atoms with Crippen LogP contribution in [0.15, 0.2) is 29.2 Å². The summed E-state index contributed by atoms with van der Waals surface area (Å²) in [4.78, 5) is 24.8. The van der Waals surface area contributed by atoms with Crippen LogP contribution in [-0.2, 0) is 4.79 Å². The van der Waals surface area contributed by atoms with E-state index in [-0.39, 0.29) is 6.54 Å². The maximum absolute atomic E-state index is 12.9. The van der Waals surface area contributed by atoms with Crippen molar-refractivity contribution in [3.05, 3.63) is 29.3 Å². The second-order valence-corrected chi connectivity index (χ2v) is 7.14. The zero-order valence-electron chi connectivity index (χ0n) is 12.9. The molecule has 2 atom stereocenters. The number of halogens is 4. The van der Waals surface area contributed by atoms with Gasteiger partial charge in [-0.05, 0) is 24.3 Å². The maximum atomic E-state index is 12.9. The van der Waals surface area contributed by atoms with Gasteiger partial charge in [-0.3, -0.25) is 4.79 Å². The predicted molar refractivity (Wildman–Crippen MR) is 87.8 cm³/mol. The van der Waals surface area contributed by atoms with Gasteiger partial charge in [-0.25, -0.2) is 4.79 Å². The van der Waals surface area contributed by atoms with E-state index < -0.39 is 43.1 Å². The van der Waals surface area contributed by atoms with E-state index >= 15 is 0 Å². The van der Waals surface area contributed by atoms with E-state index in [1.807, 2.05) is 12.1 Å². The van der Waals surface area contributed by atoms with Gasteiger partial charge in [-0.2, -0.15) is 13.2 Å². The van der Waals surface area contributed by atoms with Gasteiger partial charge in [-0.15, -0.1) is 11.8 Å². The van der Waals surface area contributed by atoms with Crippen molar-refractivity contribution in [2.45, 2.75) is 11.1 Å². The summed E-state index contributed by atoms with van der Waals surface area (Å²) >= 11 is 7.23. The van der Waals surface area contributed by atoms with E-state index in [9.17, 15) is 22.8 Å². The van der Waals surface area contributed by atoms with E-state index in [2.05, 4.69) is 5.32 Å². The zero-order valence-corrected chi connectivity index (χ0v) is 14.5. The standard InChI is InChI=1S/C15H16ClF3N2O3S/c16-9-1-3-10(4-2-9)25-6-5-20-14(24)21-7-11(13(22)23)12(8-21)15(17,18)19/h1-4,11-12H,5-8H2,(H,20,24)(H,22,23)/t11-,12-/m1/s1. The minimum absolute atomic E-state index is 0.247. The zero-order chi connectivity index (χ0) is 18.6. The molecule has 1 saturated heterocycles. The number of urea groups is 1. The second kappa shape index (κ2) is 8.18. The van der Waals surface area contributed by atoms with E-state index in [4.69, 9.17) is 16.7 Å². The van der Waals surface area contributed by atoms with Crippen LogP contribution in [0.4, 0.5) is 18.0 Å². The summed E-state index contributed by atoms with van der Waals surface area (Å²) in [5.41, 5.74) is 0. The van der Waals surface area contributed by atoms with Crippen LogP contribution >= 0.6 is 23.4 Å². The molecule has 1 fully saturated rings. The van der Waals surface area contributed by atoms with Crippen LogP contribution in [-0.4, -0.2) is 53.6 Å². The molecule has 5 nitrogen and oxygen atoms in total. The van der Waals surface area contributed by atoms with E-state index in [1.165, 1.54) is 11.8 Å². The number of nitrogens with zero attached hydrogens (tertiary/aromatic N) is 1. The molecule has 25 heavy (non-hydrogen) atoms. The molecule has 1 heterocycles. The third-order valence-corrected chi connectivity index (χ3v) is 5.07. The molecule has 0 saturated carbocycles. The van der Waals surface area contributed by atoms with Gasteiger partial charge in [0.25, 0.3) is 0 Å². The first-order valence-corrected chi connectivity index (χ1v) is 8.75. The van der Waals surface area contributed by atoms with Crippen molar-refractivity contribution in [3.63, 3.8) is 0 Å². The van der Waals surface area contributed by atoms with Crippen LogP contribution in [0.2, 0.25) is 5.02 Å². The van der Waals surface area contributed by atoms with Gasteiger partial charge in [0, 0.05) is 35.3 Å². The molecule has 2 amide bonds. The highest BCUT2D eigenvalue weighted by molar-refractivity contribution is 7.99. The molecule has 2 rings (SSSR count). The molecule has 10 heteroatoms. The molecule has 2 N–H and O–H groups in total. The van der Waals surface area contributed by atoms with E-state index in [0.717, 1.165) is 9.80 Å². The molecule has 1 aromatic carbocycles. The Balaban J connectivity index is 1.80. The number of rotatable bonds is 5. The fourth-order valence-electron chi connectivity index (χ4n) is 2.52. The Hall–Kier alpha value is -1.61. The quantitative estimate of drug-likeness (QED) is 0.591. The Morgan fingerprint density at radius 3 is 2.44 bits per heavy atom. The van der Waals surface area contributed by atoms with Crippen LogP contribution in [0.3, 0.4) is 0 Å². The first-order chi connectivity index (χ1) is 11.7. The van der Waals surface area contributed by atoms with Crippen LogP contribution in [0.25, 0.3) is 0 Å². The summed E-state index contributed by atoms with van der Waals surface area (Å²) in [5.74, 6) is -4.70. The van der Waals surface area contributed by atoms with Crippen molar-refractivity contribution < 1.29 is 27.9 Å². The van der Waals surface area contributed by atoms with Crippen molar-refractivity contribution in [2.24, 2.45) is 11.8 Å². The van der Waals surface area contributed by atoms with Crippen molar-refractivity contribution in [3.8, 4) is 0 Å². The summed E-state index contributed by atoms with van der Waals surface area (Å²) < 4.78 is 38.7. The number of benzene rings is 1. The molecule has 0 unspecified atom stereocenters. The van der Waals surface area contributed by atoms with Gasteiger partial charge < -0.3 is 15.3 Å². The largest absolute Gasteiger partial charge is 0.481 e. The predicted octanol–water partition coefficient (Wildman–Crippen LogP) is 3.34. The van der Waals surface area contributed by atoms with E-state index in [0.29, 0.717) is 10.8 Å². The number of nitrogens with one attached hydrogen (secondary N) is 1. The third-order valence-electron chi connectivity index (χ3n) is 3.81. The van der Waals surface area contributed by atoms with Gasteiger partial charge in [0.05, 0.1) is 11.8 Å². The number of carboxylic acids is 1. The molecular weight excluding hydrogens is 381 g/mol. The number of aliphatic carboxylic acids is 1. The molecule has 138 valence electrons. The Bertz CT molecular complexity index is 627. The number of carbonyl (C=O) groups is 2. The first-order valence-electron chi connectivity index (χ1n) is 7.39. The number of thioether (sulfide) groups is 1. The average molecular weight is 397 g/mol. The molecule has 0 aliphatic carbocycles. The molecule has 1 aliphatic heterocycles. The molecule has 0 radical (unpaired) electrons. The Morgan fingerprint density at radius 2 is 1.92 bits per heavy atom. The first kappa shape index (κ1) is 19.7. The lowest BCUT2D eigenvalue weighted by Crippen LogP contribution is -2.40. The monoisotopic (exact) mass is 396 g/mol. The second-order valence-electron chi connectivity index (χ2n) is 5.53. The van der Waals surface area contributed by atoms with Crippen molar-refractivity contribution in [2.75, 3.05) is 25.4 Å².